The first-order valence-corrected chi connectivity index (χ1v) is 6.21. The fourth-order valence-electron chi connectivity index (χ4n) is 2.14. The number of nitrogens with zero attached hydrogens (tertiary/aromatic N) is 1. The summed E-state index contributed by atoms with van der Waals surface area (Å²) in [6.45, 7) is 7.52. The summed E-state index contributed by atoms with van der Waals surface area (Å²) in [5.74, 6) is 0.509. The Morgan fingerprint density at radius 2 is 1.95 bits per heavy atom. The largest absolute Gasteiger partial charge is 0.508 e. The van der Waals surface area contributed by atoms with Crippen LogP contribution in [0.15, 0.2) is 41.7 Å². The number of hydrogen-bond acceptors (Lipinski definition) is 3. The molecule has 2 rings (SSSR count). The Balaban J connectivity index is 2.70. The summed E-state index contributed by atoms with van der Waals surface area (Å²) in [6.07, 6.45) is 0. The molecule has 0 fully saturated rings. The minimum Gasteiger partial charge on any atom is -0.508 e. The van der Waals surface area contributed by atoms with Gasteiger partial charge < -0.3 is 9.84 Å². The van der Waals surface area contributed by atoms with Crippen LogP contribution in [-0.2, 0) is 4.74 Å². The molecule has 0 aliphatic carbocycles. The predicted molar refractivity (Wildman–Crippen MR) is 79.2 cm³/mol. The van der Waals surface area contributed by atoms with Crippen molar-refractivity contribution in [1.29, 1.82) is 0 Å². The molecule has 1 aromatic carbocycles. The van der Waals surface area contributed by atoms with E-state index in [4.69, 9.17) is 4.74 Å². The average Bonchev–Trinajstić information content (AvgIpc) is 2.38. The van der Waals surface area contributed by atoms with Gasteiger partial charge in [0.25, 0.3) is 5.56 Å². The Morgan fingerprint density at radius 3 is 2.55 bits per heavy atom. The molecule has 4 nitrogen and oxygen atoms in total. The maximum atomic E-state index is 12.1. The van der Waals surface area contributed by atoms with Crippen LogP contribution in [0, 0.1) is 13.8 Å². The molecule has 1 aromatic heterocycles. The number of ether oxygens (including phenoxy) is 1. The van der Waals surface area contributed by atoms with E-state index in [0.29, 0.717) is 11.5 Å². The van der Waals surface area contributed by atoms with Gasteiger partial charge in [0.1, 0.15) is 11.5 Å². The number of methoxy groups -OCH3 is 1. The minimum atomic E-state index is -0.272. The Kier molecular flexibility index (Phi) is 3.66. The number of hydrogen-bond donors (Lipinski definition) is 1. The highest BCUT2D eigenvalue weighted by atomic mass is 16.5. The molecule has 0 bridgehead atoms. The maximum Gasteiger partial charge on any atom is 0.258 e. The fraction of sp³-hybridized carbons (Fsp3) is 0.188. The van der Waals surface area contributed by atoms with Crippen molar-refractivity contribution in [3.8, 4) is 11.4 Å². The second kappa shape index (κ2) is 5.25. The summed E-state index contributed by atoms with van der Waals surface area (Å²) < 4.78 is 6.68. The third-order valence-electron chi connectivity index (χ3n) is 3.22. The monoisotopic (exact) mass is 271 g/mol. The smallest absolute Gasteiger partial charge is 0.258 e. The van der Waals surface area contributed by atoms with Crippen molar-refractivity contribution in [3.63, 3.8) is 0 Å². The average molecular weight is 271 g/mol. The maximum absolute atomic E-state index is 12.1. The van der Waals surface area contributed by atoms with Crippen molar-refractivity contribution in [2.24, 2.45) is 0 Å². The quantitative estimate of drug-likeness (QED) is 0.873. The van der Waals surface area contributed by atoms with E-state index < -0.39 is 0 Å². The number of benzene rings is 1. The molecule has 0 unspecified atom stereocenters. The summed E-state index contributed by atoms with van der Waals surface area (Å²) in [5, 5.41) is 9.47. The second-order valence-corrected chi connectivity index (χ2v) is 4.66. The molecule has 0 aliphatic rings. The third-order valence-corrected chi connectivity index (χ3v) is 3.22. The van der Waals surface area contributed by atoms with Crippen molar-refractivity contribution in [2.45, 2.75) is 13.8 Å². The minimum absolute atomic E-state index is 0.0288. The molecule has 0 amide bonds. The first kappa shape index (κ1) is 13.9. The summed E-state index contributed by atoms with van der Waals surface area (Å²) in [6, 6.07) is 8.41. The van der Waals surface area contributed by atoms with Gasteiger partial charge in [0.15, 0.2) is 0 Å². The summed E-state index contributed by atoms with van der Waals surface area (Å²) in [7, 11) is 1.56. The Labute approximate surface area is 117 Å². The van der Waals surface area contributed by atoms with E-state index in [1.54, 1.807) is 24.7 Å². The standard InChI is InChI=1S/C16H17NO3/c1-10-5-6-13(12(3)20-4)8-15(10)17-11(2)7-14(18)9-16(17)19/h5-9,18H,3H2,1-2,4H3. The SMILES string of the molecule is C=C(OC)c1ccc(C)c(-n2c(C)cc(O)cc2=O)c1. The molecule has 0 aliphatic heterocycles. The molecule has 0 radical (unpaired) electrons. The molecule has 104 valence electrons. The molecule has 1 N–H and O–H groups in total. The van der Waals surface area contributed by atoms with Crippen LogP contribution >= 0.6 is 0 Å². The van der Waals surface area contributed by atoms with Gasteiger partial charge in [-0.15, -0.1) is 0 Å². The molecular weight excluding hydrogens is 254 g/mol. The molecule has 20 heavy (non-hydrogen) atoms. The van der Waals surface area contributed by atoms with Crippen molar-refractivity contribution in [2.75, 3.05) is 7.11 Å². The van der Waals surface area contributed by atoms with E-state index in [1.807, 2.05) is 25.1 Å². The number of rotatable bonds is 3. The molecule has 2 aromatic rings. The highest BCUT2D eigenvalue weighted by molar-refractivity contribution is 5.62. The van der Waals surface area contributed by atoms with Gasteiger partial charge in [-0.05, 0) is 31.5 Å². The van der Waals surface area contributed by atoms with Gasteiger partial charge >= 0.3 is 0 Å². The zero-order valence-corrected chi connectivity index (χ0v) is 11.8. The molecule has 1 heterocycles. The van der Waals surface area contributed by atoms with E-state index in [0.717, 1.165) is 16.8 Å². The van der Waals surface area contributed by atoms with E-state index in [2.05, 4.69) is 6.58 Å². The van der Waals surface area contributed by atoms with E-state index >= 15 is 0 Å². The van der Waals surface area contributed by atoms with E-state index in [-0.39, 0.29) is 11.3 Å². The van der Waals surface area contributed by atoms with Crippen LogP contribution < -0.4 is 5.56 Å². The summed E-state index contributed by atoms with van der Waals surface area (Å²) >= 11 is 0. The molecule has 0 spiro atoms. The lowest BCUT2D eigenvalue weighted by Gasteiger charge is -2.15. The fourth-order valence-corrected chi connectivity index (χ4v) is 2.14. The molecule has 4 heteroatoms. The number of aromatic hydroxyl groups is 1. The Bertz CT molecular complexity index is 729. The van der Waals surface area contributed by atoms with Gasteiger partial charge in [0, 0.05) is 17.3 Å². The molecule has 0 saturated carbocycles. The third kappa shape index (κ3) is 2.45. The van der Waals surface area contributed by atoms with Gasteiger partial charge in [-0.3, -0.25) is 9.36 Å². The number of pyridine rings is 1. The number of aryl methyl sites for hydroxylation is 2. The van der Waals surface area contributed by atoms with Crippen LogP contribution in [-0.4, -0.2) is 16.8 Å². The molecule has 0 saturated heterocycles. The Morgan fingerprint density at radius 1 is 1.25 bits per heavy atom. The van der Waals surface area contributed by atoms with Crippen molar-refractivity contribution < 1.29 is 9.84 Å². The van der Waals surface area contributed by atoms with Gasteiger partial charge in [-0.1, -0.05) is 18.7 Å². The van der Waals surface area contributed by atoms with Crippen LogP contribution in [0.3, 0.4) is 0 Å². The molecule has 0 atom stereocenters. The zero-order chi connectivity index (χ0) is 14.9. The lowest BCUT2D eigenvalue weighted by atomic mass is 10.1. The first-order chi connectivity index (χ1) is 9.43. The van der Waals surface area contributed by atoms with Crippen LogP contribution in [0.2, 0.25) is 0 Å². The zero-order valence-electron chi connectivity index (χ0n) is 11.8. The highest BCUT2D eigenvalue weighted by Gasteiger charge is 2.10. The number of aromatic nitrogens is 1. The summed E-state index contributed by atoms with van der Waals surface area (Å²) in [5.41, 5.74) is 2.91. The lowest BCUT2D eigenvalue weighted by molar-refractivity contribution is 0.371. The molecular formula is C16H17NO3. The summed E-state index contributed by atoms with van der Waals surface area (Å²) in [4.78, 5) is 12.1. The van der Waals surface area contributed by atoms with Gasteiger partial charge in [0.2, 0.25) is 0 Å². The van der Waals surface area contributed by atoms with Gasteiger partial charge in [-0.25, -0.2) is 0 Å². The van der Waals surface area contributed by atoms with Crippen LogP contribution in [0.4, 0.5) is 0 Å². The van der Waals surface area contributed by atoms with E-state index in [9.17, 15) is 9.90 Å². The van der Waals surface area contributed by atoms with Gasteiger partial charge in [0.05, 0.1) is 12.8 Å². The van der Waals surface area contributed by atoms with Gasteiger partial charge in [-0.2, -0.15) is 0 Å². The van der Waals surface area contributed by atoms with Crippen LogP contribution in [0.25, 0.3) is 11.4 Å². The van der Waals surface area contributed by atoms with Crippen molar-refractivity contribution in [3.05, 3.63) is 64.1 Å². The normalized spacial score (nSPS) is 10.3. The first-order valence-electron chi connectivity index (χ1n) is 6.21. The topological polar surface area (TPSA) is 51.5 Å². The van der Waals surface area contributed by atoms with Crippen LogP contribution in [0.1, 0.15) is 16.8 Å². The lowest BCUT2D eigenvalue weighted by Crippen LogP contribution is -2.20. The second-order valence-electron chi connectivity index (χ2n) is 4.66. The van der Waals surface area contributed by atoms with E-state index in [1.165, 1.54) is 6.07 Å². The van der Waals surface area contributed by atoms with Crippen LogP contribution in [0.5, 0.6) is 5.75 Å². The van der Waals surface area contributed by atoms with Crippen molar-refractivity contribution >= 4 is 5.76 Å². The van der Waals surface area contributed by atoms with Crippen molar-refractivity contribution in [1.82, 2.24) is 4.57 Å². The highest BCUT2D eigenvalue weighted by Crippen LogP contribution is 2.22. The predicted octanol–water partition coefficient (Wildman–Crippen LogP) is 2.78. The Hall–Kier alpha value is -2.49.